The van der Waals surface area contributed by atoms with E-state index in [1.54, 1.807) is 6.07 Å². The number of likely N-dealkylation sites (N-methyl/N-ethyl adjacent to an activating group) is 1. The van der Waals surface area contributed by atoms with Crippen LogP contribution in [0.3, 0.4) is 0 Å². The molecule has 0 radical (unpaired) electrons. The van der Waals surface area contributed by atoms with Gasteiger partial charge in [-0.2, -0.15) is 13.2 Å². The summed E-state index contributed by atoms with van der Waals surface area (Å²) in [5, 5.41) is 0. The van der Waals surface area contributed by atoms with E-state index in [2.05, 4.69) is 0 Å². The molecule has 5 heteroatoms. The molecule has 19 heavy (non-hydrogen) atoms. The molecule has 0 fully saturated rings. The molecule has 0 heterocycles. The Morgan fingerprint density at radius 2 is 1.84 bits per heavy atom. The molecule has 0 saturated carbocycles. The lowest BCUT2D eigenvalue weighted by Crippen LogP contribution is -2.20. The number of hydrogen-bond donors (Lipinski definition) is 0. The predicted molar refractivity (Wildman–Crippen MR) is 69.6 cm³/mol. The molecule has 0 amide bonds. The molecule has 1 aromatic carbocycles. The zero-order chi connectivity index (χ0) is 14.6. The van der Waals surface area contributed by atoms with E-state index in [9.17, 15) is 13.2 Å². The fourth-order valence-corrected chi connectivity index (χ4v) is 1.59. The second-order valence-electron chi connectivity index (χ2n) is 5.06. The van der Waals surface area contributed by atoms with E-state index >= 15 is 0 Å². The summed E-state index contributed by atoms with van der Waals surface area (Å²) in [5.41, 5.74) is -0.0373. The Labute approximate surface area is 112 Å². The van der Waals surface area contributed by atoms with Crippen LogP contribution in [0.2, 0.25) is 0 Å². The molecule has 0 saturated heterocycles. The van der Waals surface area contributed by atoms with Gasteiger partial charge >= 0.3 is 6.18 Å². The smallest absolute Gasteiger partial charge is 0.419 e. The van der Waals surface area contributed by atoms with Crippen LogP contribution in [-0.2, 0) is 6.18 Å². The third-order valence-corrected chi connectivity index (χ3v) is 2.77. The van der Waals surface area contributed by atoms with Crippen molar-refractivity contribution in [1.82, 2.24) is 4.90 Å². The second-order valence-corrected chi connectivity index (χ2v) is 5.06. The highest BCUT2D eigenvalue weighted by Gasteiger charge is 2.34. The molecule has 0 N–H and O–H groups in total. The summed E-state index contributed by atoms with van der Waals surface area (Å²) in [4.78, 5) is 1.86. The highest BCUT2D eigenvalue weighted by Crippen LogP contribution is 2.37. The lowest BCUT2D eigenvalue weighted by atomic mass is 10.00. The summed E-state index contributed by atoms with van der Waals surface area (Å²) in [6.07, 6.45) is -4.39. The summed E-state index contributed by atoms with van der Waals surface area (Å²) < 4.78 is 44.2. The van der Waals surface area contributed by atoms with Gasteiger partial charge in [0.15, 0.2) is 0 Å². The van der Waals surface area contributed by atoms with Crippen LogP contribution in [0.4, 0.5) is 13.2 Å². The number of alkyl halides is 3. The van der Waals surface area contributed by atoms with Gasteiger partial charge in [-0.25, -0.2) is 0 Å². The van der Waals surface area contributed by atoms with E-state index in [-0.39, 0.29) is 18.3 Å². The van der Waals surface area contributed by atoms with Crippen LogP contribution in [0.15, 0.2) is 18.2 Å². The maximum absolute atomic E-state index is 13.0. The van der Waals surface area contributed by atoms with Gasteiger partial charge in [-0.15, -0.1) is 0 Å². The average molecular weight is 275 g/mol. The molecule has 0 bridgehead atoms. The first-order chi connectivity index (χ1) is 8.71. The first kappa shape index (κ1) is 15.8. The highest BCUT2D eigenvalue weighted by atomic mass is 19.4. The minimum atomic E-state index is -4.39. The van der Waals surface area contributed by atoms with Crippen molar-refractivity contribution in [1.29, 1.82) is 0 Å². The molecular formula is C14H20F3NO. The highest BCUT2D eigenvalue weighted by molar-refractivity contribution is 5.40. The SMILES string of the molecule is CC(C)c1ccc(OCCN(C)C)c(C(F)(F)F)c1. The Hall–Kier alpha value is -1.23. The van der Waals surface area contributed by atoms with Crippen molar-refractivity contribution in [3.05, 3.63) is 29.3 Å². The molecule has 0 aliphatic carbocycles. The van der Waals surface area contributed by atoms with E-state index in [1.165, 1.54) is 12.1 Å². The number of halogens is 3. The topological polar surface area (TPSA) is 12.5 Å². The number of hydrogen-bond acceptors (Lipinski definition) is 2. The maximum atomic E-state index is 13.0. The number of benzene rings is 1. The molecular weight excluding hydrogens is 255 g/mol. The largest absolute Gasteiger partial charge is 0.492 e. The second kappa shape index (κ2) is 6.28. The zero-order valence-electron chi connectivity index (χ0n) is 11.7. The van der Waals surface area contributed by atoms with Crippen molar-refractivity contribution >= 4 is 0 Å². The monoisotopic (exact) mass is 275 g/mol. The summed E-state index contributed by atoms with van der Waals surface area (Å²) in [6.45, 7) is 4.53. The quantitative estimate of drug-likeness (QED) is 0.811. The van der Waals surface area contributed by atoms with Crippen LogP contribution in [-0.4, -0.2) is 32.1 Å². The zero-order valence-corrected chi connectivity index (χ0v) is 11.7. The van der Waals surface area contributed by atoms with Crippen molar-refractivity contribution < 1.29 is 17.9 Å². The number of nitrogens with zero attached hydrogens (tertiary/aromatic N) is 1. The number of ether oxygens (including phenoxy) is 1. The van der Waals surface area contributed by atoms with Crippen molar-refractivity contribution in [3.63, 3.8) is 0 Å². The predicted octanol–water partition coefficient (Wildman–Crippen LogP) is 3.77. The van der Waals surface area contributed by atoms with Gasteiger partial charge in [0.1, 0.15) is 12.4 Å². The third kappa shape index (κ3) is 4.74. The van der Waals surface area contributed by atoms with E-state index in [0.29, 0.717) is 12.1 Å². The Kier molecular flexibility index (Phi) is 5.23. The van der Waals surface area contributed by atoms with Gasteiger partial charge in [0, 0.05) is 6.54 Å². The summed E-state index contributed by atoms with van der Waals surface area (Å²) >= 11 is 0. The van der Waals surface area contributed by atoms with Gasteiger partial charge in [-0.1, -0.05) is 19.9 Å². The summed E-state index contributed by atoms with van der Waals surface area (Å²) in [7, 11) is 3.69. The number of rotatable bonds is 5. The average Bonchev–Trinajstić information content (AvgIpc) is 2.27. The van der Waals surface area contributed by atoms with Crippen LogP contribution >= 0.6 is 0 Å². The Bertz CT molecular complexity index is 414. The van der Waals surface area contributed by atoms with Crippen molar-refractivity contribution in [2.24, 2.45) is 0 Å². The Morgan fingerprint density at radius 3 is 2.32 bits per heavy atom. The first-order valence-electron chi connectivity index (χ1n) is 6.20. The first-order valence-corrected chi connectivity index (χ1v) is 6.20. The van der Waals surface area contributed by atoms with E-state index in [1.807, 2.05) is 32.8 Å². The standard InChI is InChI=1S/C14H20F3NO/c1-10(2)11-5-6-13(19-8-7-18(3)4)12(9-11)14(15,16)17/h5-6,9-10H,7-8H2,1-4H3. The van der Waals surface area contributed by atoms with Crippen LogP contribution < -0.4 is 4.74 Å². The van der Waals surface area contributed by atoms with Crippen LogP contribution in [0.25, 0.3) is 0 Å². The molecule has 108 valence electrons. The molecule has 0 atom stereocenters. The van der Waals surface area contributed by atoms with Gasteiger partial charge in [-0.05, 0) is 37.7 Å². The van der Waals surface area contributed by atoms with Crippen molar-refractivity contribution in [2.75, 3.05) is 27.2 Å². The van der Waals surface area contributed by atoms with Crippen LogP contribution in [0.1, 0.15) is 30.9 Å². The van der Waals surface area contributed by atoms with Gasteiger partial charge in [0.2, 0.25) is 0 Å². The van der Waals surface area contributed by atoms with Crippen molar-refractivity contribution in [2.45, 2.75) is 25.9 Å². The summed E-state index contributed by atoms with van der Waals surface area (Å²) in [5.74, 6) is -0.0457. The molecule has 0 spiro atoms. The molecule has 0 unspecified atom stereocenters. The maximum Gasteiger partial charge on any atom is 0.419 e. The summed E-state index contributed by atoms with van der Waals surface area (Å²) in [6, 6.07) is 4.27. The fraction of sp³-hybridized carbons (Fsp3) is 0.571. The molecule has 2 nitrogen and oxygen atoms in total. The van der Waals surface area contributed by atoms with Crippen molar-refractivity contribution in [3.8, 4) is 5.75 Å². The van der Waals surface area contributed by atoms with Crippen LogP contribution in [0, 0.1) is 0 Å². The molecule has 0 aliphatic heterocycles. The van der Waals surface area contributed by atoms with E-state index in [4.69, 9.17) is 4.74 Å². The van der Waals surface area contributed by atoms with E-state index in [0.717, 1.165) is 0 Å². The van der Waals surface area contributed by atoms with Gasteiger partial charge in [0.25, 0.3) is 0 Å². The lowest BCUT2D eigenvalue weighted by Gasteiger charge is -2.17. The molecule has 0 aromatic heterocycles. The van der Waals surface area contributed by atoms with Gasteiger partial charge in [-0.3, -0.25) is 0 Å². The molecule has 1 aromatic rings. The van der Waals surface area contributed by atoms with E-state index < -0.39 is 11.7 Å². The van der Waals surface area contributed by atoms with Crippen LogP contribution in [0.5, 0.6) is 5.75 Å². The van der Waals surface area contributed by atoms with Gasteiger partial charge in [0.05, 0.1) is 5.56 Å². The minimum absolute atomic E-state index is 0.0527. The fourth-order valence-electron chi connectivity index (χ4n) is 1.59. The third-order valence-electron chi connectivity index (χ3n) is 2.77. The molecule has 0 aliphatic rings. The Morgan fingerprint density at radius 1 is 1.21 bits per heavy atom. The normalized spacial score (nSPS) is 12.3. The van der Waals surface area contributed by atoms with Gasteiger partial charge < -0.3 is 9.64 Å². The molecule has 1 rings (SSSR count). The minimum Gasteiger partial charge on any atom is -0.492 e. The Balaban J connectivity index is 2.96. The lowest BCUT2D eigenvalue weighted by molar-refractivity contribution is -0.139.